The summed E-state index contributed by atoms with van der Waals surface area (Å²) in [6.45, 7) is 1.55. The fraction of sp³-hybridized carbons (Fsp3) is 0.263. The predicted molar refractivity (Wildman–Crippen MR) is 106 cm³/mol. The van der Waals surface area contributed by atoms with Gasteiger partial charge in [-0.3, -0.25) is 9.59 Å². The number of esters is 1. The third-order valence-electron chi connectivity index (χ3n) is 3.48. The van der Waals surface area contributed by atoms with Gasteiger partial charge in [0, 0.05) is 20.7 Å². The molecular weight excluding hydrogens is 393 g/mol. The van der Waals surface area contributed by atoms with E-state index in [4.69, 9.17) is 27.9 Å². The van der Waals surface area contributed by atoms with Crippen LogP contribution >= 0.6 is 35.0 Å². The molecular formula is C19H19Cl2NO3S. The number of amides is 1. The first-order valence-corrected chi connectivity index (χ1v) is 9.77. The van der Waals surface area contributed by atoms with E-state index in [1.54, 1.807) is 24.3 Å². The quantitative estimate of drug-likeness (QED) is 0.495. The lowest BCUT2D eigenvalue weighted by Gasteiger charge is -2.14. The van der Waals surface area contributed by atoms with Crippen LogP contribution in [0.25, 0.3) is 0 Å². The molecule has 2 rings (SSSR count). The molecule has 1 N–H and O–H groups in total. The third kappa shape index (κ3) is 7.28. The van der Waals surface area contributed by atoms with Crippen molar-refractivity contribution in [3.63, 3.8) is 0 Å². The second-order valence-electron chi connectivity index (χ2n) is 5.56. The minimum atomic E-state index is -0.406. The Balaban J connectivity index is 1.66. The molecule has 1 amide bonds. The lowest BCUT2D eigenvalue weighted by Crippen LogP contribution is -2.31. The summed E-state index contributed by atoms with van der Waals surface area (Å²) in [5, 5.41) is 4.05. The molecule has 0 aromatic heterocycles. The number of hydrogen-bond acceptors (Lipinski definition) is 4. The van der Waals surface area contributed by atoms with Crippen LogP contribution in [0.4, 0.5) is 0 Å². The summed E-state index contributed by atoms with van der Waals surface area (Å²) in [6.07, 6.45) is 0.227. The number of ether oxygens (including phenoxy) is 1. The Morgan fingerprint density at radius 1 is 1.12 bits per heavy atom. The van der Waals surface area contributed by atoms with Crippen molar-refractivity contribution >= 4 is 46.8 Å². The zero-order chi connectivity index (χ0) is 18.9. The van der Waals surface area contributed by atoms with Gasteiger partial charge in [-0.25, -0.2) is 0 Å². The smallest absolute Gasteiger partial charge is 0.307 e. The molecule has 26 heavy (non-hydrogen) atoms. The Kier molecular flexibility index (Phi) is 8.29. The molecule has 0 aliphatic rings. The summed E-state index contributed by atoms with van der Waals surface area (Å²) < 4.78 is 5.01. The Labute approximate surface area is 167 Å². The van der Waals surface area contributed by atoms with Crippen molar-refractivity contribution in [2.75, 3.05) is 12.4 Å². The molecule has 0 fully saturated rings. The standard InChI is InChI=1S/C19H19Cl2NO3S/c1-13(14-3-2-4-16(21)11-14)22-18(23)12-25-19(24)9-10-26-17-7-5-15(20)6-8-17/h2-8,11,13H,9-10,12H2,1H3,(H,22,23)/t13-/m0/s1. The van der Waals surface area contributed by atoms with Crippen molar-refractivity contribution in [1.29, 1.82) is 0 Å². The summed E-state index contributed by atoms with van der Waals surface area (Å²) in [4.78, 5) is 24.7. The maximum absolute atomic E-state index is 11.9. The molecule has 0 heterocycles. The highest BCUT2D eigenvalue weighted by Gasteiger charge is 2.12. The normalized spacial score (nSPS) is 11.7. The van der Waals surface area contributed by atoms with E-state index < -0.39 is 5.97 Å². The topological polar surface area (TPSA) is 55.4 Å². The van der Waals surface area contributed by atoms with Gasteiger partial charge < -0.3 is 10.1 Å². The van der Waals surface area contributed by atoms with E-state index >= 15 is 0 Å². The van der Waals surface area contributed by atoms with E-state index in [1.807, 2.05) is 31.2 Å². The second-order valence-corrected chi connectivity index (χ2v) is 7.60. The molecule has 0 spiro atoms. The average molecular weight is 412 g/mol. The fourth-order valence-electron chi connectivity index (χ4n) is 2.14. The Hall–Kier alpha value is -1.69. The van der Waals surface area contributed by atoms with Gasteiger partial charge in [0.15, 0.2) is 6.61 Å². The van der Waals surface area contributed by atoms with Gasteiger partial charge in [0.05, 0.1) is 12.5 Å². The van der Waals surface area contributed by atoms with Crippen LogP contribution in [0.15, 0.2) is 53.4 Å². The van der Waals surface area contributed by atoms with Crippen molar-refractivity contribution < 1.29 is 14.3 Å². The van der Waals surface area contributed by atoms with Crippen LogP contribution in [0.2, 0.25) is 10.0 Å². The van der Waals surface area contributed by atoms with Crippen molar-refractivity contribution in [2.45, 2.75) is 24.3 Å². The maximum atomic E-state index is 11.9. The van der Waals surface area contributed by atoms with Gasteiger partial charge in [-0.15, -0.1) is 11.8 Å². The van der Waals surface area contributed by atoms with Crippen LogP contribution in [0.1, 0.15) is 24.9 Å². The number of rotatable bonds is 8. The molecule has 2 aromatic carbocycles. The number of halogens is 2. The molecule has 4 nitrogen and oxygen atoms in total. The van der Waals surface area contributed by atoms with Crippen molar-refractivity contribution in [3.8, 4) is 0 Å². The van der Waals surface area contributed by atoms with Crippen molar-refractivity contribution in [2.24, 2.45) is 0 Å². The van der Waals surface area contributed by atoms with Gasteiger partial charge in [0.2, 0.25) is 0 Å². The van der Waals surface area contributed by atoms with Crippen LogP contribution in [-0.4, -0.2) is 24.2 Å². The molecule has 0 aliphatic heterocycles. The van der Waals surface area contributed by atoms with Gasteiger partial charge in [0.1, 0.15) is 0 Å². The van der Waals surface area contributed by atoms with Gasteiger partial charge >= 0.3 is 5.97 Å². The molecule has 7 heteroatoms. The van der Waals surface area contributed by atoms with Crippen LogP contribution in [0.5, 0.6) is 0 Å². The van der Waals surface area contributed by atoms with E-state index in [0.29, 0.717) is 15.8 Å². The minimum Gasteiger partial charge on any atom is -0.456 e. The first-order valence-electron chi connectivity index (χ1n) is 8.03. The summed E-state index contributed by atoms with van der Waals surface area (Å²) in [5.74, 6) is -0.186. The summed E-state index contributed by atoms with van der Waals surface area (Å²) in [5.41, 5.74) is 0.886. The highest BCUT2D eigenvalue weighted by atomic mass is 35.5. The molecule has 0 radical (unpaired) electrons. The zero-order valence-corrected chi connectivity index (χ0v) is 16.5. The number of benzene rings is 2. The van der Waals surface area contributed by atoms with Crippen LogP contribution in [0, 0.1) is 0 Å². The summed E-state index contributed by atoms with van der Waals surface area (Å²) >= 11 is 13.3. The molecule has 0 saturated heterocycles. The Bertz CT molecular complexity index is 753. The monoisotopic (exact) mass is 411 g/mol. The number of nitrogens with one attached hydrogen (secondary N) is 1. The van der Waals surface area contributed by atoms with Gasteiger partial charge in [-0.2, -0.15) is 0 Å². The molecule has 0 unspecified atom stereocenters. The first kappa shape index (κ1) is 20.6. The molecule has 2 aromatic rings. The highest BCUT2D eigenvalue weighted by molar-refractivity contribution is 7.99. The number of hydrogen-bond donors (Lipinski definition) is 1. The number of carbonyl (C=O) groups is 2. The summed E-state index contributed by atoms with van der Waals surface area (Å²) in [7, 11) is 0. The highest BCUT2D eigenvalue weighted by Crippen LogP contribution is 2.21. The van der Waals surface area contributed by atoms with E-state index in [0.717, 1.165) is 10.5 Å². The summed E-state index contributed by atoms with van der Waals surface area (Å²) in [6, 6.07) is 14.4. The van der Waals surface area contributed by atoms with Crippen LogP contribution in [0.3, 0.4) is 0 Å². The predicted octanol–water partition coefficient (Wildman–Crippen LogP) is 4.90. The van der Waals surface area contributed by atoms with Crippen LogP contribution in [-0.2, 0) is 14.3 Å². The van der Waals surface area contributed by atoms with Crippen molar-refractivity contribution in [1.82, 2.24) is 5.32 Å². The van der Waals surface area contributed by atoms with E-state index in [2.05, 4.69) is 5.32 Å². The largest absolute Gasteiger partial charge is 0.456 e. The van der Waals surface area contributed by atoms with E-state index in [9.17, 15) is 9.59 Å². The van der Waals surface area contributed by atoms with Gasteiger partial charge in [0.25, 0.3) is 5.91 Å². The Morgan fingerprint density at radius 3 is 2.54 bits per heavy atom. The second kappa shape index (κ2) is 10.5. The van der Waals surface area contributed by atoms with Gasteiger partial charge in [-0.05, 0) is 48.9 Å². The lowest BCUT2D eigenvalue weighted by atomic mass is 10.1. The number of thioether (sulfide) groups is 1. The Morgan fingerprint density at radius 2 is 1.85 bits per heavy atom. The molecule has 138 valence electrons. The SMILES string of the molecule is C[C@H](NC(=O)COC(=O)CCSc1ccc(Cl)cc1)c1cccc(Cl)c1. The van der Waals surface area contributed by atoms with Gasteiger partial charge in [-0.1, -0.05) is 35.3 Å². The lowest BCUT2D eigenvalue weighted by molar-refractivity contribution is -0.148. The minimum absolute atomic E-state index is 0.222. The molecule has 0 saturated carbocycles. The van der Waals surface area contributed by atoms with E-state index in [1.165, 1.54) is 11.8 Å². The van der Waals surface area contributed by atoms with Crippen molar-refractivity contribution in [3.05, 3.63) is 64.1 Å². The number of carbonyl (C=O) groups excluding carboxylic acids is 2. The fourth-order valence-corrected chi connectivity index (χ4v) is 3.30. The molecule has 0 bridgehead atoms. The molecule has 1 atom stereocenters. The van der Waals surface area contributed by atoms with Crippen LogP contribution < -0.4 is 5.32 Å². The average Bonchev–Trinajstić information content (AvgIpc) is 2.61. The van der Waals surface area contributed by atoms with E-state index in [-0.39, 0.29) is 25.0 Å². The maximum Gasteiger partial charge on any atom is 0.307 e. The zero-order valence-electron chi connectivity index (χ0n) is 14.2. The first-order chi connectivity index (χ1) is 12.4. The third-order valence-corrected chi connectivity index (χ3v) is 4.98. The molecule has 0 aliphatic carbocycles.